The van der Waals surface area contributed by atoms with Gasteiger partial charge in [0.1, 0.15) is 5.65 Å². The van der Waals surface area contributed by atoms with Crippen LogP contribution < -0.4 is 0 Å². The van der Waals surface area contributed by atoms with Gasteiger partial charge in [0, 0.05) is 36.0 Å². The Hall–Kier alpha value is -3.10. The topological polar surface area (TPSA) is 67.8 Å². The van der Waals surface area contributed by atoms with Crippen molar-refractivity contribution in [2.24, 2.45) is 5.92 Å². The van der Waals surface area contributed by atoms with Crippen LogP contribution in [0.5, 0.6) is 0 Å². The van der Waals surface area contributed by atoms with E-state index in [1.54, 1.807) is 19.9 Å². The molecule has 3 aromatic heterocycles. The van der Waals surface area contributed by atoms with Crippen molar-refractivity contribution < 1.29 is 27.2 Å². The average molecular weight is 433 g/mol. The molecule has 4 rings (SSSR count). The summed E-state index contributed by atoms with van der Waals surface area (Å²) in [6.45, 7) is 4.05. The van der Waals surface area contributed by atoms with Crippen molar-refractivity contribution in [3.63, 3.8) is 0 Å². The molecule has 0 aliphatic carbocycles. The maximum absolute atomic E-state index is 13.7. The van der Waals surface area contributed by atoms with Crippen molar-refractivity contribution in [1.82, 2.24) is 14.3 Å². The first-order valence-electron chi connectivity index (χ1n) is 10.1. The van der Waals surface area contributed by atoms with E-state index in [1.165, 1.54) is 34.2 Å². The lowest BCUT2D eigenvalue weighted by molar-refractivity contribution is -0.138. The predicted molar refractivity (Wildman–Crippen MR) is 106 cm³/mol. The van der Waals surface area contributed by atoms with Gasteiger partial charge in [0.05, 0.1) is 36.2 Å². The van der Waals surface area contributed by atoms with Gasteiger partial charge in [-0.15, -0.1) is 0 Å². The molecule has 0 spiro atoms. The number of alkyl halides is 3. The Morgan fingerprint density at radius 2 is 2.03 bits per heavy atom. The van der Waals surface area contributed by atoms with Gasteiger partial charge in [0.25, 0.3) is 0 Å². The molecule has 3 aromatic rings. The molecule has 0 saturated carbocycles. The molecule has 1 saturated heterocycles. The highest BCUT2D eigenvalue weighted by Crippen LogP contribution is 2.35. The third kappa shape index (κ3) is 4.08. The van der Waals surface area contributed by atoms with Crippen molar-refractivity contribution >= 4 is 17.3 Å². The van der Waals surface area contributed by atoms with Crippen LogP contribution in [-0.4, -0.2) is 38.6 Å². The summed E-state index contributed by atoms with van der Waals surface area (Å²) < 4.78 is 47.3. The molecule has 1 aliphatic heterocycles. The minimum absolute atomic E-state index is 0.00460. The lowest BCUT2D eigenvalue weighted by Gasteiger charge is -2.24. The Bertz CT molecular complexity index is 1120. The minimum Gasteiger partial charge on any atom is -0.472 e. The SMILES string of the molecule is CC(C)C(=O)C1CCCN1C(=O)Cc1cn2cc(-c3ccoc3)cc(C(F)(F)F)c2n1. The molecular formula is C22H22F3N3O3. The monoisotopic (exact) mass is 433 g/mol. The molecule has 31 heavy (non-hydrogen) atoms. The number of hydrogen-bond donors (Lipinski definition) is 0. The first-order valence-corrected chi connectivity index (χ1v) is 10.1. The van der Waals surface area contributed by atoms with Gasteiger partial charge in [-0.3, -0.25) is 9.59 Å². The van der Waals surface area contributed by atoms with Crippen LogP contribution in [0.3, 0.4) is 0 Å². The molecule has 1 fully saturated rings. The Kier molecular flexibility index (Phi) is 5.36. The van der Waals surface area contributed by atoms with Crippen LogP contribution in [0, 0.1) is 5.92 Å². The number of halogens is 3. The van der Waals surface area contributed by atoms with Crippen LogP contribution in [0.4, 0.5) is 13.2 Å². The molecule has 9 heteroatoms. The summed E-state index contributed by atoms with van der Waals surface area (Å²) in [6.07, 6.45) is 2.27. The van der Waals surface area contributed by atoms with Crippen LogP contribution in [0.1, 0.15) is 37.9 Å². The summed E-state index contributed by atoms with van der Waals surface area (Å²) in [4.78, 5) is 30.9. The third-order valence-electron chi connectivity index (χ3n) is 5.56. The van der Waals surface area contributed by atoms with Crippen LogP contribution in [0.15, 0.2) is 41.5 Å². The molecule has 0 N–H and O–H groups in total. The number of furan rings is 1. The fraction of sp³-hybridized carbons (Fsp3) is 0.409. The molecular weight excluding hydrogens is 411 g/mol. The number of aromatic nitrogens is 2. The first kappa shape index (κ1) is 21.1. The van der Waals surface area contributed by atoms with E-state index in [2.05, 4.69) is 4.98 Å². The van der Waals surface area contributed by atoms with E-state index in [0.717, 1.165) is 12.5 Å². The quantitative estimate of drug-likeness (QED) is 0.599. The maximum Gasteiger partial charge on any atom is 0.420 e. The van der Waals surface area contributed by atoms with Crippen molar-refractivity contribution in [3.05, 3.63) is 48.3 Å². The minimum atomic E-state index is -4.61. The summed E-state index contributed by atoms with van der Waals surface area (Å²) in [7, 11) is 0. The fourth-order valence-electron chi connectivity index (χ4n) is 4.03. The van der Waals surface area contributed by atoms with Crippen LogP contribution >= 0.6 is 0 Å². The number of carbonyl (C=O) groups is 2. The smallest absolute Gasteiger partial charge is 0.420 e. The van der Waals surface area contributed by atoms with Crippen LogP contribution in [0.25, 0.3) is 16.8 Å². The Labute approximate surface area is 176 Å². The molecule has 1 atom stereocenters. The second-order valence-corrected chi connectivity index (χ2v) is 8.09. The second kappa shape index (κ2) is 7.86. The molecule has 0 bridgehead atoms. The standard InChI is InChI=1S/C22H22F3N3O3/c1-13(2)20(30)18-4-3-6-28(18)19(29)9-16-11-27-10-15(14-5-7-31-12-14)8-17(21(27)26-16)22(23,24)25/h5,7-8,10-13,18H,3-4,6,9H2,1-2H3. The summed E-state index contributed by atoms with van der Waals surface area (Å²) >= 11 is 0. The molecule has 0 radical (unpaired) electrons. The van der Waals surface area contributed by atoms with Gasteiger partial charge in [-0.1, -0.05) is 13.8 Å². The summed E-state index contributed by atoms with van der Waals surface area (Å²) in [6, 6.07) is 2.13. The number of Topliss-reactive ketones (excluding diaryl/α,β-unsaturated/α-hetero) is 1. The maximum atomic E-state index is 13.7. The Morgan fingerprint density at radius 3 is 2.68 bits per heavy atom. The number of nitrogens with zero attached hydrogens (tertiary/aromatic N) is 3. The van der Waals surface area contributed by atoms with Crippen molar-refractivity contribution in [1.29, 1.82) is 0 Å². The lowest BCUT2D eigenvalue weighted by Crippen LogP contribution is -2.42. The van der Waals surface area contributed by atoms with E-state index in [1.807, 2.05) is 0 Å². The number of carbonyl (C=O) groups excluding carboxylic acids is 2. The molecule has 164 valence electrons. The number of likely N-dealkylation sites (tertiary alicyclic amines) is 1. The largest absolute Gasteiger partial charge is 0.472 e. The van der Waals surface area contributed by atoms with Gasteiger partial charge in [-0.05, 0) is 25.0 Å². The molecule has 6 nitrogen and oxygen atoms in total. The zero-order chi connectivity index (χ0) is 22.3. The van der Waals surface area contributed by atoms with E-state index in [0.29, 0.717) is 24.1 Å². The number of amides is 1. The molecule has 0 aromatic carbocycles. The van der Waals surface area contributed by atoms with E-state index < -0.39 is 17.8 Å². The van der Waals surface area contributed by atoms with E-state index in [-0.39, 0.29) is 35.4 Å². The Morgan fingerprint density at radius 1 is 1.26 bits per heavy atom. The number of fused-ring (bicyclic) bond motifs is 1. The van der Waals surface area contributed by atoms with Crippen molar-refractivity contribution in [2.75, 3.05) is 6.54 Å². The average Bonchev–Trinajstić information content (AvgIpc) is 3.44. The highest BCUT2D eigenvalue weighted by Gasteiger charge is 2.36. The summed E-state index contributed by atoms with van der Waals surface area (Å²) in [5.74, 6) is -0.488. The van der Waals surface area contributed by atoms with Crippen LogP contribution in [-0.2, 0) is 22.2 Å². The molecule has 4 heterocycles. The van der Waals surface area contributed by atoms with Gasteiger partial charge in [0.15, 0.2) is 5.78 Å². The zero-order valence-electron chi connectivity index (χ0n) is 17.1. The normalized spacial score (nSPS) is 17.1. The number of ketones is 1. The van der Waals surface area contributed by atoms with Gasteiger partial charge in [-0.2, -0.15) is 13.2 Å². The number of hydrogen-bond acceptors (Lipinski definition) is 4. The second-order valence-electron chi connectivity index (χ2n) is 8.09. The van der Waals surface area contributed by atoms with E-state index in [4.69, 9.17) is 4.42 Å². The first-order chi connectivity index (χ1) is 14.6. The summed E-state index contributed by atoms with van der Waals surface area (Å²) in [5.41, 5.74) is -0.1000. The van der Waals surface area contributed by atoms with E-state index in [9.17, 15) is 22.8 Å². The molecule has 1 aliphatic rings. The Balaban J connectivity index is 1.66. The number of rotatable bonds is 5. The predicted octanol–water partition coefficient (Wildman–Crippen LogP) is 4.37. The fourth-order valence-corrected chi connectivity index (χ4v) is 4.03. The zero-order valence-corrected chi connectivity index (χ0v) is 17.1. The highest BCUT2D eigenvalue weighted by molar-refractivity contribution is 5.91. The number of pyridine rings is 1. The lowest BCUT2D eigenvalue weighted by atomic mass is 10.00. The highest BCUT2D eigenvalue weighted by atomic mass is 19.4. The third-order valence-corrected chi connectivity index (χ3v) is 5.56. The molecule has 1 amide bonds. The summed E-state index contributed by atoms with van der Waals surface area (Å²) in [5, 5.41) is 0. The van der Waals surface area contributed by atoms with Gasteiger partial charge in [-0.25, -0.2) is 4.98 Å². The van der Waals surface area contributed by atoms with Gasteiger partial charge >= 0.3 is 6.18 Å². The van der Waals surface area contributed by atoms with E-state index >= 15 is 0 Å². The number of imidazole rings is 1. The van der Waals surface area contributed by atoms with Crippen molar-refractivity contribution in [3.8, 4) is 11.1 Å². The van der Waals surface area contributed by atoms with Crippen molar-refractivity contribution in [2.45, 2.75) is 45.3 Å². The van der Waals surface area contributed by atoms with Gasteiger partial charge in [0.2, 0.25) is 5.91 Å². The van der Waals surface area contributed by atoms with Gasteiger partial charge < -0.3 is 13.7 Å². The molecule has 1 unspecified atom stereocenters. The van der Waals surface area contributed by atoms with Crippen LogP contribution in [0.2, 0.25) is 0 Å².